The molecule has 6 nitrogen and oxygen atoms in total. The third kappa shape index (κ3) is 2.17. The summed E-state index contributed by atoms with van der Waals surface area (Å²) in [6, 6.07) is 11.6. The van der Waals surface area contributed by atoms with Crippen LogP contribution in [0.2, 0.25) is 0 Å². The fourth-order valence-corrected chi connectivity index (χ4v) is 3.02. The van der Waals surface area contributed by atoms with E-state index in [1.807, 2.05) is 6.07 Å². The summed E-state index contributed by atoms with van der Waals surface area (Å²) in [5.41, 5.74) is 1.35. The van der Waals surface area contributed by atoms with Crippen molar-refractivity contribution in [2.24, 2.45) is 0 Å². The fraction of sp³-hybridized carbons (Fsp3) is 0.0769. The number of carbonyl (C=O) groups excluding carboxylic acids is 1. The molecule has 0 aliphatic carbocycles. The second-order valence-corrected chi connectivity index (χ2v) is 5.91. The van der Waals surface area contributed by atoms with E-state index in [0.717, 1.165) is 10.6 Å². The van der Waals surface area contributed by atoms with E-state index in [-0.39, 0.29) is 17.4 Å². The summed E-state index contributed by atoms with van der Waals surface area (Å²) >= 11 is 0. The maximum absolute atomic E-state index is 12.2. The molecule has 0 fully saturated rings. The molecular formula is C13H11N3O3S. The Labute approximate surface area is 116 Å². The number of carbonyl (C=O) groups is 1. The van der Waals surface area contributed by atoms with Crippen molar-refractivity contribution in [3.8, 4) is 0 Å². The highest BCUT2D eigenvalue weighted by molar-refractivity contribution is 7.89. The van der Waals surface area contributed by atoms with Crippen molar-refractivity contribution >= 4 is 21.6 Å². The van der Waals surface area contributed by atoms with Crippen molar-refractivity contribution in [3.05, 3.63) is 54.2 Å². The molecular weight excluding hydrogens is 278 g/mol. The first-order valence-corrected chi connectivity index (χ1v) is 7.40. The maximum atomic E-state index is 12.2. The van der Waals surface area contributed by atoms with Crippen LogP contribution in [0.4, 0.5) is 5.69 Å². The molecule has 0 radical (unpaired) electrons. The molecule has 3 rings (SSSR count). The number of aromatic nitrogens is 1. The normalized spacial score (nSPS) is 14.4. The third-order valence-corrected chi connectivity index (χ3v) is 4.16. The van der Waals surface area contributed by atoms with E-state index >= 15 is 0 Å². The van der Waals surface area contributed by atoms with E-state index < -0.39 is 10.0 Å². The number of pyridine rings is 1. The van der Waals surface area contributed by atoms with Gasteiger partial charge in [-0.05, 0) is 23.8 Å². The molecule has 1 aliphatic heterocycles. The highest BCUT2D eigenvalue weighted by Gasteiger charge is 2.31. The van der Waals surface area contributed by atoms with Crippen LogP contribution in [0.15, 0.2) is 53.7 Å². The van der Waals surface area contributed by atoms with Gasteiger partial charge in [0.25, 0.3) is 10.0 Å². The maximum Gasteiger partial charge on any atom is 0.275 e. The summed E-state index contributed by atoms with van der Waals surface area (Å²) in [7, 11) is -3.88. The van der Waals surface area contributed by atoms with Crippen molar-refractivity contribution in [2.45, 2.75) is 11.4 Å². The summed E-state index contributed by atoms with van der Waals surface area (Å²) in [5.74, 6) is -0.314. The molecule has 2 aromatic rings. The molecule has 1 amide bonds. The van der Waals surface area contributed by atoms with E-state index in [1.54, 1.807) is 30.3 Å². The number of amides is 1. The second-order valence-electron chi connectivity index (χ2n) is 4.30. The molecule has 102 valence electrons. The van der Waals surface area contributed by atoms with E-state index in [9.17, 15) is 13.2 Å². The molecule has 1 aromatic carbocycles. The van der Waals surface area contributed by atoms with Crippen molar-refractivity contribution in [3.63, 3.8) is 0 Å². The van der Waals surface area contributed by atoms with E-state index in [0.29, 0.717) is 5.69 Å². The average Bonchev–Trinajstić information content (AvgIpc) is 2.76. The first-order valence-electron chi connectivity index (χ1n) is 5.92. The number of nitrogens with zero attached hydrogens (tertiary/aromatic N) is 2. The van der Waals surface area contributed by atoms with Gasteiger partial charge in [0.2, 0.25) is 5.91 Å². The van der Waals surface area contributed by atoms with E-state index in [1.165, 1.54) is 12.3 Å². The van der Waals surface area contributed by atoms with Gasteiger partial charge < -0.3 is 0 Å². The molecule has 0 spiro atoms. The minimum absolute atomic E-state index is 0.128. The van der Waals surface area contributed by atoms with Gasteiger partial charge in [0.05, 0.1) is 12.1 Å². The Morgan fingerprint density at radius 2 is 1.85 bits per heavy atom. The van der Waals surface area contributed by atoms with Crippen molar-refractivity contribution in [2.75, 3.05) is 5.01 Å². The number of nitrogens with one attached hydrogen (secondary N) is 1. The monoisotopic (exact) mass is 289 g/mol. The zero-order valence-electron chi connectivity index (χ0n) is 10.4. The zero-order valence-corrected chi connectivity index (χ0v) is 11.2. The molecule has 2 heterocycles. The van der Waals surface area contributed by atoms with Gasteiger partial charge in [0.15, 0.2) is 5.03 Å². The minimum atomic E-state index is -3.88. The number of benzene rings is 1. The zero-order chi connectivity index (χ0) is 14.2. The lowest BCUT2D eigenvalue weighted by molar-refractivity contribution is -0.117. The van der Waals surface area contributed by atoms with Crippen LogP contribution in [0, 0.1) is 0 Å². The summed E-state index contributed by atoms with van der Waals surface area (Å²) < 4.78 is 24.4. The van der Waals surface area contributed by atoms with Crippen LogP contribution in [-0.4, -0.2) is 19.3 Å². The number of fused-ring (bicyclic) bond motifs is 1. The molecule has 0 saturated carbocycles. The van der Waals surface area contributed by atoms with Gasteiger partial charge in [-0.2, -0.15) is 0 Å². The van der Waals surface area contributed by atoms with Gasteiger partial charge in [-0.1, -0.05) is 24.3 Å². The predicted molar refractivity (Wildman–Crippen MR) is 72.2 cm³/mol. The number of sulfonamides is 1. The molecule has 0 atom stereocenters. The lowest BCUT2D eigenvalue weighted by Gasteiger charge is -2.17. The van der Waals surface area contributed by atoms with Crippen molar-refractivity contribution in [1.29, 1.82) is 0 Å². The van der Waals surface area contributed by atoms with Gasteiger partial charge >= 0.3 is 0 Å². The van der Waals surface area contributed by atoms with E-state index in [4.69, 9.17) is 0 Å². The van der Waals surface area contributed by atoms with Gasteiger partial charge in [-0.3, -0.25) is 4.79 Å². The quantitative estimate of drug-likeness (QED) is 0.909. The Bertz CT molecular complexity index is 759. The summed E-state index contributed by atoms with van der Waals surface area (Å²) in [5, 5.41) is 0.927. The number of hydrogen-bond donors (Lipinski definition) is 1. The van der Waals surface area contributed by atoms with Crippen molar-refractivity contribution in [1.82, 2.24) is 9.82 Å². The minimum Gasteiger partial charge on any atom is -0.273 e. The van der Waals surface area contributed by atoms with Crippen LogP contribution in [0.5, 0.6) is 0 Å². The highest BCUT2D eigenvalue weighted by atomic mass is 32.2. The highest BCUT2D eigenvalue weighted by Crippen LogP contribution is 2.27. The van der Waals surface area contributed by atoms with Crippen LogP contribution in [0.25, 0.3) is 0 Å². The first kappa shape index (κ1) is 12.8. The summed E-state index contributed by atoms with van der Waals surface area (Å²) in [6.07, 6.45) is 1.56. The van der Waals surface area contributed by atoms with Crippen molar-refractivity contribution < 1.29 is 13.2 Å². The summed E-state index contributed by atoms with van der Waals surface area (Å²) in [4.78, 5) is 18.0. The number of rotatable bonds is 3. The number of hydrazine groups is 1. The standard InChI is InChI=1S/C13H11N3O3S/c17-13-9-10-5-1-2-6-11(10)16(13)15-20(18,19)12-7-3-4-8-14-12/h1-8,15H,9H2. The van der Waals surface area contributed by atoms with E-state index in [2.05, 4.69) is 9.82 Å². The average molecular weight is 289 g/mol. The Morgan fingerprint density at radius 3 is 2.60 bits per heavy atom. The lowest BCUT2D eigenvalue weighted by Crippen LogP contribution is -2.44. The Balaban J connectivity index is 1.94. The Hall–Kier alpha value is -2.25. The molecule has 0 unspecified atom stereocenters. The number of anilines is 1. The van der Waals surface area contributed by atoms with Crippen LogP contribution >= 0.6 is 0 Å². The summed E-state index contributed by atoms with van der Waals surface area (Å²) in [6.45, 7) is 0. The Kier molecular flexibility index (Phi) is 3.00. The Morgan fingerprint density at radius 1 is 1.10 bits per heavy atom. The molecule has 0 bridgehead atoms. The lowest BCUT2D eigenvalue weighted by atomic mass is 10.2. The molecule has 1 aromatic heterocycles. The van der Waals surface area contributed by atoms with Gasteiger partial charge in [-0.25, -0.2) is 18.4 Å². The second kappa shape index (κ2) is 4.69. The van der Waals surface area contributed by atoms with Gasteiger partial charge in [0.1, 0.15) is 0 Å². The first-order chi connectivity index (χ1) is 9.58. The van der Waals surface area contributed by atoms with Crippen LogP contribution in [0.1, 0.15) is 5.56 Å². The predicted octanol–water partition coefficient (Wildman–Crippen LogP) is 0.864. The van der Waals surface area contributed by atoms with Crippen LogP contribution in [-0.2, 0) is 21.2 Å². The number of hydrogen-bond acceptors (Lipinski definition) is 4. The largest absolute Gasteiger partial charge is 0.275 e. The van der Waals surface area contributed by atoms with Crippen LogP contribution in [0.3, 0.4) is 0 Å². The fourth-order valence-electron chi connectivity index (χ4n) is 2.03. The van der Waals surface area contributed by atoms with Gasteiger partial charge in [-0.15, -0.1) is 4.83 Å². The smallest absolute Gasteiger partial charge is 0.273 e. The molecule has 20 heavy (non-hydrogen) atoms. The molecule has 7 heteroatoms. The topological polar surface area (TPSA) is 79.4 Å². The number of para-hydroxylation sites is 1. The molecule has 1 aliphatic rings. The SMILES string of the molecule is O=C1Cc2ccccc2N1NS(=O)(=O)c1ccccn1. The molecule has 0 saturated heterocycles. The third-order valence-electron chi connectivity index (χ3n) is 2.95. The van der Waals surface area contributed by atoms with Crippen LogP contribution < -0.4 is 9.84 Å². The van der Waals surface area contributed by atoms with Gasteiger partial charge in [0, 0.05) is 6.20 Å². The molecule has 1 N–H and O–H groups in total.